The van der Waals surface area contributed by atoms with Crippen molar-refractivity contribution in [2.45, 2.75) is 16.6 Å². The van der Waals surface area contributed by atoms with Gasteiger partial charge in [-0.3, -0.25) is 0 Å². The number of thioether (sulfide) groups is 1. The van der Waals surface area contributed by atoms with Gasteiger partial charge in [0.25, 0.3) is 0 Å². The van der Waals surface area contributed by atoms with E-state index in [9.17, 15) is 4.39 Å². The Morgan fingerprint density at radius 1 is 1.26 bits per heavy atom. The Hall–Kier alpha value is -1.00. The van der Waals surface area contributed by atoms with E-state index in [-0.39, 0.29) is 5.82 Å². The van der Waals surface area contributed by atoms with Crippen LogP contribution in [0, 0.1) is 5.82 Å². The lowest BCUT2D eigenvalue weighted by molar-refractivity contribution is 0.301. The predicted octanol–water partition coefficient (Wildman–Crippen LogP) is 4.68. The average Bonchev–Trinajstić information content (AvgIpc) is 2.82. The van der Waals surface area contributed by atoms with Gasteiger partial charge in [-0.1, -0.05) is 34.1 Å². The van der Waals surface area contributed by atoms with Crippen molar-refractivity contribution in [3.63, 3.8) is 0 Å². The normalized spacial score (nSPS) is 17.3. The molecule has 4 heteroatoms. The van der Waals surface area contributed by atoms with Gasteiger partial charge in [0, 0.05) is 14.6 Å². The molecule has 0 saturated carbocycles. The van der Waals surface area contributed by atoms with E-state index in [1.807, 2.05) is 6.07 Å². The first-order chi connectivity index (χ1) is 9.22. The standard InChI is InChI=1S/C15H12BrFOS/c16-11-5-6-13(17)14(8-11)18-9-12-7-10-3-1-2-4-15(10)19-12/h1-6,8,12H,7,9H2. The summed E-state index contributed by atoms with van der Waals surface area (Å²) in [7, 11) is 0. The first-order valence-corrected chi connectivity index (χ1v) is 7.72. The molecule has 1 unspecified atom stereocenters. The molecule has 98 valence electrons. The molecule has 1 aliphatic rings. The van der Waals surface area contributed by atoms with Gasteiger partial charge in [-0.25, -0.2) is 4.39 Å². The van der Waals surface area contributed by atoms with Gasteiger partial charge in [-0.2, -0.15) is 0 Å². The highest BCUT2D eigenvalue weighted by Gasteiger charge is 2.22. The molecule has 0 saturated heterocycles. The molecular weight excluding hydrogens is 327 g/mol. The third kappa shape index (κ3) is 2.95. The lowest BCUT2D eigenvalue weighted by Crippen LogP contribution is -2.14. The highest BCUT2D eigenvalue weighted by Crippen LogP contribution is 2.37. The maximum Gasteiger partial charge on any atom is 0.165 e. The lowest BCUT2D eigenvalue weighted by Gasteiger charge is -2.11. The zero-order valence-corrected chi connectivity index (χ0v) is 12.5. The van der Waals surface area contributed by atoms with Gasteiger partial charge in [0.15, 0.2) is 11.6 Å². The van der Waals surface area contributed by atoms with Crippen molar-refractivity contribution in [2.24, 2.45) is 0 Å². The Labute approximate surface area is 124 Å². The van der Waals surface area contributed by atoms with Crippen LogP contribution in [-0.2, 0) is 6.42 Å². The van der Waals surface area contributed by atoms with Crippen LogP contribution in [-0.4, -0.2) is 11.9 Å². The van der Waals surface area contributed by atoms with E-state index in [1.54, 1.807) is 23.9 Å². The summed E-state index contributed by atoms with van der Waals surface area (Å²) in [5.74, 6) is -0.00496. The van der Waals surface area contributed by atoms with E-state index in [1.165, 1.54) is 16.5 Å². The van der Waals surface area contributed by atoms with Crippen LogP contribution < -0.4 is 4.74 Å². The summed E-state index contributed by atoms with van der Waals surface area (Å²) >= 11 is 5.13. The topological polar surface area (TPSA) is 9.23 Å². The molecule has 0 spiro atoms. The van der Waals surface area contributed by atoms with Crippen LogP contribution in [0.3, 0.4) is 0 Å². The smallest absolute Gasteiger partial charge is 0.165 e. The largest absolute Gasteiger partial charge is 0.489 e. The quantitative estimate of drug-likeness (QED) is 0.803. The molecule has 19 heavy (non-hydrogen) atoms. The molecule has 0 aliphatic carbocycles. The highest BCUT2D eigenvalue weighted by atomic mass is 79.9. The first kappa shape index (κ1) is 13.0. The second kappa shape index (κ2) is 5.55. The maximum absolute atomic E-state index is 13.6. The summed E-state index contributed by atoms with van der Waals surface area (Å²) in [6.07, 6.45) is 0.983. The Morgan fingerprint density at radius 3 is 2.95 bits per heavy atom. The molecule has 1 nitrogen and oxygen atoms in total. The number of halogens is 2. The molecule has 0 aromatic heterocycles. The van der Waals surface area contributed by atoms with Gasteiger partial charge in [0.2, 0.25) is 0 Å². The van der Waals surface area contributed by atoms with Crippen molar-refractivity contribution < 1.29 is 9.13 Å². The van der Waals surface area contributed by atoms with Gasteiger partial charge in [-0.15, -0.1) is 11.8 Å². The fourth-order valence-corrected chi connectivity index (χ4v) is 3.68. The van der Waals surface area contributed by atoms with Crippen molar-refractivity contribution in [1.82, 2.24) is 0 Å². The van der Waals surface area contributed by atoms with Crippen LogP contribution >= 0.6 is 27.7 Å². The molecule has 2 aromatic carbocycles. The van der Waals surface area contributed by atoms with E-state index in [2.05, 4.69) is 34.1 Å². The van der Waals surface area contributed by atoms with Gasteiger partial charge < -0.3 is 4.74 Å². The van der Waals surface area contributed by atoms with Crippen molar-refractivity contribution in [3.8, 4) is 5.75 Å². The van der Waals surface area contributed by atoms with Crippen LogP contribution in [0.4, 0.5) is 4.39 Å². The second-order valence-electron chi connectivity index (χ2n) is 4.44. The summed E-state index contributed by atoms with van der Waals surface area (Å²) in [6, 6.07) is 13.1. The van der Waals surface area contributed by atoms with Gasteiger partial charge >= 0.3 is 0 Å². The molecule has 1 aliphatic heterocycles. The van der Waals surface area contributed by atoms with Gasteiger partial charge in [-0.05, 0) is 36.2 Å². The molecule has 0 N–H and O–H groups in total. The molecule has 0 bridgehead atoms. The minimum atomic E-state index is -0.316. The van der Waals surface area contributed by atoms with Crippen molar-refractivity contribution in [2.75, 3.05) is 6.61 Å². The number of hydrogen-bond acceptors (Lipinski definition) is 2. The Bertz CT molecular complexity index is 577. The van der Waals surface area contributed by atoms with Crippen molar-refractivity contribution in [1.29, 1.82) is 0 Å². The van der Waals surface area contributed by atoms with E-state index in [0.717, 1.165) is 10.9 Å². The summed E-state index contributed by atoms with van der Waals surface area (Å²) in [6.45, 7) is 0.521. The van der Waals surface area contributed by atoms with Crippen LogP contribution in [0.25, 0.3) is 0 Å². The summed E-state index contributed by atoms with van der Waals surface area (Å²) in [5.41, 5.74) is 1.36. The summed E-state index contributed by atoms with van der Waals surface area (Å²) < 4.78 is 20.0. The van der Waals surface area contributed by atoms with E-state index < -0.39 is 0 Å². The molecular formula is C15H12BrFOS. The highest BCUT2D eigenvalue weighted by molar-refractivity contribution is 9.10. The molecule has 2 aromatic rings. The molecule has 0 amide bonds. The van der Waals surface area contributed by atoms with Gasteiger partial charge in [0.1, 0.15) is 6.61 Å². The van der Waals surface area contributed by atoms with Crippen molar-refractivity contribution >= 4 is 27.7 Å². The van der Waals surface area contributed by atoms with Crippen LogP contribution in [0.5, 0.6) is 5.75 Å². The number of benzene rings is 2. The van der Waals surface area contributed by atoms with Crippen LogP contribution in [0.2, 0.25) is 0 Å². The fourth-order valence-electron chi connectivity index (χ4n) is 2.12. The molecule has 0 radical (unpaired) electrons. The van der Waals surface area contributed by atoms with Gasteiger partial charge in [0.05, 0.1) is 0 Å². The molecule has 1 atom stereocenters. The number of rotatable bonds is 3. The zero-order chi connectivity index (χ0) is 13.2. The maximum atomic E-state index is 13.6. The van der Waals surface area contributed by atoms with Crippen LogP contribution in [0.15, 0.2) is 51.8 Å². The third-order valence-electron chi connectivity index (χ3n) is 3.03. The zero-order valence-electron chi connectivity index (χ0n) is 10.1. The Kier molecular flexibility index (Phi) is 3.80. The Morgan fingerprint density at radius 2 is 2.11 bits per heavy atom. The SMILES string of the molecule is Fc1ccc(Br)cc1OCC1Cc2ccccc2S1. The molecule has 3 rings (SSSR count). The van der Waals surface area contributed by atoms with E-state index >= 15 is 0 Å². The summed E-state index contributed by atoms with van der Waals surface area (Å²) in [4.78, 5) is 1.31. The van der Waals surface area contributed by atoms with Crippen LogP contribution in [0.1, 0.15) is 5.56 Å². The molecule has 1 heterocycles. The fraction of sp³-hybridized carbons (Fsp3) is 0.200. The average molecular weight is 339 g/mol. The summed E-state index contributed by atoms with van der Waals surface area (Å²) in [5, 5.41) is 0.357. The predicted molar refractivity (Wildman–Crippen MR) is 79.4 cm³/mol. The minimum absolute atomic E-state index is 0.311. The lowest BCUT2D eigenvalue weighted by atomic mass is 10.1. The number of hydrogen-bond donors (Lipinski definition) is 0. The van der Waals surface area contributed by atoms with E-state index in [0.29, 0.717) is 17.6 Å². The van der Waals surface area contributed by atoms with E-state index in [4.69, 9.17) is 4.74 Å². The van der Waals surface area contributed by atoms with Crippen molar-refractivity contribution in [3.05, 3.63) is 58.3 Å². The number of fused-ring (bicyclic) bond motifs is 1. The second-order valence-corrected chi connectivity index (χ2v) is 6.70. The monoisotopic (exact) mass is 338 g/mol. The molecule has 0 fully saturated rings. The first-order valence-electron chi connectivity index (χ1n) is 6.05. The third-order valence-corrected chi connectivity index (χ3v) is 4.81. The number of ether oxygens (including phenoxy) is 1. The minimum Gasteiger partial charge on any atom is -0.489 e. The Balaban J connectivity index is 1.64.